The second kappa shape index (κ2) is 5.09. The van der Waals surface area contributed by atoms with Gasteiger partial charge in [0.15, 0.2) is 0 Å². The van der Waals surface area contributed by atoms with Crippen molar-refractivity contribution in [2.75, 3.05) is 7.05 Å². The quantitative estimate of drug-likeness (QED) is 0.834. The van der Waals surface area contributed by atoms with Crippen LogP contribution in [0.3, 0.4) is 0 Å². The summed E-state index contributed by atoms with van der Waals surface area (Å²) in [6.45, 7) is 0. The van der Waals surface area contributed by atoms with Gasteiger partial charge in [0.2, 0.25) is 10.0 Å². The van der Waals surface area contributed by atoms with Crippen LogP contribution in [0.1, 0.15) is 30.4 Å². The van der Waals surface area contributed by atoms with E-state index in [1.807, 2.05) is 6.07 Å². The molecule has 0 unspecified atom stereocenters. The molecule has 96 valence electrons. The summed E-state index contributed by atoms with van der Waals surface area (Å²) in [6.07, 6.45) is 2.98. The topological polar surface area (TPSA) is 61.2 Å². The third-order valence-electron chi connectivity index (χ3n) is 3.50. The summed E-state index contributed by atoms with van der Waals surface area (Å²) in [5.41, 5.74) is 1.01. The molecule has 1 aliphatic rings. The summed E-state index contributed by atoms with van der Waals surface area (Å²) in [5.74, 6) is -0.0935. The van der Waals surface area contributed by atoms with Gasteiger partial charge in [-0.3, -0.25) is 0 Å². The Morgan fingerprint density at radius 2 is 2.06 bits per heavy atom. The molecule has 0 N–H and O–H groups in total. The maximum absolute atomic E-state index is 12.2. The van der Waals surface area contributed by atoms with Crippen LogP contribution in [-0.4, -0.2) is 25.8 Å². The van der Waals surface area contributed by atoms with Crippen molar-refractivity contribution >= 4 is 10.0 Å². The molecule has 1 saturated carbocycles. The minimum absolute atomic E-state index is 0.0935. The van der Waals surface area contributed by atoms with Crippen molar-refractivity contribution in [3.63, 3.8) is 0 Å². The number of hydrogen-bond acceptors (Lipinski definition) is 3. The van der Waals surface area contributed by atoms with Crippen molar-refractivity contribution in [2.45, 2.75) is 31.1 Å². The number of nitrogens with zero attached hydrogens (tertiary/aromatic N) is 2. The van der Waals surface area contributed by atoms with E-state index < -0.39 is 10.0 Å². The maximum Gasteiger partial charge on any atom is 0.218 e. The molecule has 0 aromatic heterocycles. The fourth-order valence-corrected chi connectivity index (χ4v) is 3.54. The van der Waals surface area contributed by atoms with Crippen LogP contribution in [0.2, 0.25) is 0 Å². The van der Waals surface area contributed by atoms with E-state index in [0.717, 1.165) is 19.3 Å². The molecule has 1 aliphatic carbocycles. The minimum atomic E-state index is -3.32. The zero-order valence-electron chi connectivity index (χ0n) is 10.3. The van der Waals surface area contributed by atoms with Crippen LogP contribution in [-0.2, 0) is 15.8 Å². The molecule has 0 amide bonds. The summed E-state index contributed by atoms with van der Waals surface area (Å²) in [7, 11) is -1.69. The third-order valence-corrected chi connectivity index (χ3v) is 5.35. The Morgan fingerprint density at radius 1 is 1.39 bits per heavy atom. The normalized spacial score (nSPS) is 16.3. The lowest BCUT2D eigenvalue weighted by Crippen LogP contribution is -2.41. The standard InChI is InChI=1S/C13H16N2O2S/c1-15(13-7-4-8-13)18(16,17)10-12-6-3-2-5-11(12)9-14/h2-3,5-6,13H,4,7-8,10H2,1H3. The Balaban J connectivity index is 2.19. The summed E-state index contributed by atoms with van der Waals surface area (Å²) < 4.78 is 25.9. The number of benzene rings is 1. The Morgan fingerprint density at radius 3 is 2.61 bits per heavy atom. The highest BCUT2D eigenvalue weighted by atomic mass is 32.2. The van der Waals surface area contributed by atoms with Gasteiger partial charge in [0.1, 0.15) is 0 Å². The monoisotopic (exact) mass is 264 g/mol. The number of rotatable bonds is 4. The molecule has 0 spiro atoms. The maximum atomic E-state index is 12.2. The molecule has 0 aliphatic heterocycles. The van der Waals surface area contributed by atoms with Gasteiger partial charge in [-0.05, 0) is 24.5 Å². The highest BCUT2D eigenvalue weighted by Crippen LogP contribution is 2.27. The lowest BCUT2D eigenvalue weighted by atomic mass is 9.94. The first kappa shape index (κ1) is 13.1. The zero-order chi connectivity index (χ0) is 13.2. The summed E-state index contributed by atoms with van der Waals surface area (Å²) in [6, 6.07) is 9.02. The van der Waals surface area contributed by atoms with E-state index in [-0.39, 0.29) is 11.8 Å². The van der Waals surface area contributed by atoms with Crippen molar-refractivity contribution in [3.05, 3.63) is 35.4 Å². The van der Waals surface area contributed by atoms with E-state index in [2.05, 4.69) is 0 Å². The van der Waals surface area contributed by atoms with Crippen LogP contribution >= 0.6 is 0 Å². The smallest absolute Gasteiger partial charge is 0.212 e. The van der Waals surface area contributed by atoms with E-state index in [4.69, 9.17) is 5.26 Å². The van der Waals surface area contributed by atoms with Gasteiger partial charge in [-0.25, -0.2) is 12.7 Å². The molecular weight excluding hydrogens is 248 g/mol. The van der Waals surface area contributed by atoms with Crippen LogP contribution < -0.4 is 0 Å². The predicted molar refractivity (Wildman–Crippen MR) is 69.2 cm³/mol. The van der Waals surface area contributed by atoms with Gasteiger partial charge in [-0.15, -0.1) is 0 Å². The zero-order valence-corrected chi connectivity index (χ0v) is 11.2. The van der Waals surface area contributed by atoms with Crippen molar-refractivity contribution in [2.24, 2.45) is 0 Å². The van der Waals surface area contributed by atoms with Crippen LogP contribution in [0.25, 0.3) is 0 Å². The van der Waals surface area contributed by atoms with Crippen LogP contribution in [0.4, 0.5) is 0 Å². The number of nitriles is 1. The second-order valence-corrected chi connectivity index (χ2v) is 6.65. The average Bonchev–Trinajstić information content (AvgIpc) is 2.27. The molecule has 18 heavy (non-hydrogen) atoms. The third kappa shape index (κ3) is 2.55. The molecule has 0 saturated heterocycles. The molecule has 5 heteroatoms. The van der Waals surface area contributed by atoms with Crippen molar-refractivity contribution in [3.8, 4) is 6.07 Å². The van der Waals surface area contributed by atoms with Crippen LogP contribution in [0, 0.1) is 11.3 Å². The second-order valence-electron chi connectivity index (χ2n) is 4.63. The van der Waals surface area contributed by atoms with Gasteiger partial charge < -0.3 is 0 Å². The van der Waals surface area contributed by atoms with Gasteiger partial charge >= 0.3 is 0 Å². The summed E-state index contributed by atoms with van der Waals surface area (Å²) >= 11 is 0. The van der Waals surface area contributed by atoms with Crippen molar-refractivity contribution in [1.29, 1.82) is 5.26 Å². The predicted octanol–water partition coefficient (Wildman–Crippen LogP) is 1.87. The van der Waals surface area contributed by atoms with E-state index in [1.54, 1.807) is 31.3 Å². The van der Waals surface area contributed by atoms with Crippen molar-refractivity contribution < 1.29 is 8.42 Å². The molecule has 0 atom stereocenters. The average molecular weight is 264 g/mol. The van der Waals surface area contributed by atoms with E-state index in [0.29, 0.717) is 11.1 Å². The highest BCUT2D eigenvalue weighted by molar-refractivity contribution is 7.88. The molecule has 0 heterocycles. The first-order valence-electron chi connectivity index (χ1n) is 5.98. The SMILES string of the molecule is CN(C1CCC1)S(=O)(=O)Cc1ccccc1C#N. The Kier molecular flexibility index (Phi) is 3.69. The van der Waals surface area contributed by atoms with Gasteiger partial charge in [0.25, 0.3) is 0 Å². The van der Waals surface area contributed by atoms with Crippen LogP contribution in [0.5, 0.6) is 0 Å². The molecule has 1 aromatic rings. The van der Waals surface area contributed by atoms with Gasteiger partial charge in [-0.2, -0.15) is 5.26 Å². The summed E-state index contributed by atoms with van der Waals surface area (Å²) in [4.78, 5) is 0. The molecular formula is C13H16N2O2S. The first-order chi connectivity index (χ1) is 8.54. The fourth-order valence-electron chi connectivity index (χ4n) is 2.03. The fraction of sp³-hybridized carbons (Fsp3) is 0.462. The summed E-state index contributed by atoms with van der Waals surface area (Å²) in [5, 5.41) is 8.96. The van der Waals surface area contributed by atoms with Crippen LogP contribution in [0.15, 0.2) is 24.3 Å². The Labute approximate surface area is 108 Å². The van der Waals surface area contributed by atoms with Gasteiger partial charge in [0, 0.05) is 13.1 Å². The van der Waals surface area contributed by atoms with E-state index in [1.165, 1.54) is 4.31 Å². The number of sulfonamides is 1. The molecule has 2 rings (SSSR count). The largest absolute Gasteiger partial charge is 0.218 e. The highest BCUT2D eigenvalue weighted by Gasteiger charge is 2.30. The lowest BCUT2D eigenvalue weighted by molar-refractivity contribution is 0.249. The van der Waals surface area contributed by atoms with E-state index >= 15 is 0 Å². The molecule has 0 bridgehead atoms. The van der Waals surface area contributed by atoms with Gasteiger partial charge in [0.05, 0.1) is 17.4 Å². The van der Waals surface area contributed by atoms with Crippen molar-refractivity contribution in [1.82, 2.24) is 4.31 Å². The van der Waals surface area contributed by atoms with Gasteiger partial charge in [-0.1, -0.05) is 24.6 Å². The molecule has 4 nitrogen and oxygen atoms in total. The molecule has 0 radical (unpaired) electrons. The lowest BCUT2D eigenvalue weighted by Gasteiger charge is -2.33. The van der Waals surface area contributed by atoms with E-state index in [9.17, 15) is 8.42 Å². The molecule has 1 fully saturated rings. The number of hydrogen-bond donors (Lipinski definition) is 0. The molecule has 1 aromatic carbocycles. The Hall–Kier alpha value is -1.38. The first-order valence-corrected chi connectivity index (χ1v) is 7.59. The minimum Gasteiger partial charge on any atom is -0.212 e. The Bertz CT molecular complexity index is 571.